The number of nitrogen functional groups attached to an aromatic ring is 1. The van der Waals surface area contributed by atoms with Gasteiger partial charge in [0.15, 0.2) is 0 Å². The predicted molar refractivity (Wildman–Crippen MR) is 74.0 cm³/mol. The predicted octanol–water partition coefficient (Wildman–Crippen LogP) is 1.78. The molecule has 3 aliphatic heterocycles. The van der Waals surface area contributed by atoms with Crippen LogP contribution < -0.4 is 15.8 Å². The lowest BCUT2D eigenvalue weighted by atomic mass is 9.84. The van der Waals surface area contributed by atoms with Crippen LogP contribution in [-0.4, -0.2) is 37.7 Å². The third-order valence-electron chi connectivity index (χ3n) is 4.26. The van der Waals surface area contributed by atoms with Gasteiger partial charge in [-0.05, 0) is 44.0 Å². The standard InChI is InChI=1S/C14H21N3O/c1-18-11-2-3-12(15)13(8-11)16-14-9-17-6-4-10(14)5-7-17/h2-3,8,10,14,16H,4-7,9,15H2,1H3. The molecule has 0 aliphatic carbocycles. The minimum atomic E-state index is 0.530. The van der Waals surface area contributed by atoms with Crippen molar-refractivity contribution in [3.8, 4) is 5.75 Å². The Morgan fingerprint density at radius 2 is 2.11 bits per heavy atom. The molecule has 3 fully saturated rings. The van der Waals surface area contributed by atoms with Gasteiger partial charge in [0.05, 0.1) is 18.5 Å². The minimum Gasteiger partial charge on any atom is -0.497 e. The quantitative estimate of drug-likeness (QED) is 0.799. The number of anilines is 2. The van der Waals surface area contributed by atoms with Crippen molar-refractivity contribution >= 4 is 11.4 Å². The lowest BCUT2D eigenvalue weighted by Gasteiger charge is -2.45. The molecular weight excluding hydrogens is 226 g/mol. The summed E-state index contributed by atoms with van der Waals surface area (Å²) in [5, 5.41) is 3.61. The molecule has 3 saturated heterocycles. The Morgan fingerprint density at radius 1 is 1.33 bits per heavy atom. The van der Waals surface area contributed by atoms with Gasteiger partial charge >= 0.3 is 0 Å². The molecule has 0 spiro atoms. The second-order valence-electron chi connectivity index (χ2n) is 5.34. The maximum Gasteiger partial charge on any atom is 0.121 e. The second kappa shape index (κ2) is 4.69. The number of piperidine rings is 3. The van der Waals surface area contributed by atoms with Gasteiger partial charge in [-0.3, -0.25) is 0 Å². The molecule has 1 unspecified atom stereocenters. The largest absolute Gasteiger partial charge is 0.497 e. The normalized spacial score (nSPS) is 30.2. The van der Waals surface area contributed by atoms with E-state index >= 15 is 0 Å². The Kier molecular flexibility index (Phi) is 3.04. The highest BCUT2D eigenvalue weighted by atomic mass is 16.5. The first-order chi connectivity index (χ1) is 8.76. The summed E-state index contributed by atoms with van der Waals surface area (Å²) in [5.41, 5.74) is 7.83. The first-order valence-corrected chi connectivity index (χ1v) is 6.68. The van der Waals surface area contributed by atoms with Gasteiger partial charge in [-0.15, -0.1) is 0 Å². The summed E-state index contributed by atoms with van der Waals surface area (Å²) >= 11 is 0. The van der Waals surface area contributed by atoms with Gasteiger partial charge in [0.1, 0.15) is 5.75 Å². The number of nitrogens with zero attached hydrogens (tertiary/aromatic N) is 1. The fourth-order valence-electron chi connectivity index (χ4n) is 3.12. The van der Waals surface area contributed by atoms with E-state index in [9.17, 15) is 0 Å². The number of hydrogen-bond acceptors (Lipinski definition) is 4. The number of methoxy groups -OCH3 is 1. The van der Waals surface area contributed by atoms with E-state index in [-0.39, 0.29) is 0 Å². The third kappa shape index (κ3) is 2.12. The van der Waals surface area contributed by atoms with Crippen molar-refractivity contribution < 1.29 is 4.74 Å². The van der Waals surface area contributed by atoms with E-state index in [0.29, 0.717) is 6.04 Å². The molecule has 3 N–H and O–H groups in total. The van der Waals surface area contributed by atoms with Crippen molar-refractivity contribution in [2.24, 2.45) is 5.92 Å². The molecule has 1 aromatic carbocycles. The molecule has 4 heteroatoms. The number of rotatable bonds is 3. The van der Waals surface area contributed by atoms with Gasteiger partial charge in [0, 0.05) is 18.7 Å². The van der Waals surface area contributed by atoms with Crippen molar-refractivity contribution in [2.45, 2.75) is 18.9 Å². The van der Waals surface area contributed by atoms with Crippen molar-refractivity contribution in [2.75, 3.05) is 37.8 Å². The van der Waals surface area contributed by atoms with Crippen LogP contribution in [0.15, 0.2) is 18.2 Å². The Bertz CT molecular complexity index is 427. The van der Waals surface area contributed by atoms with Gasteiger partial charge in [0.2, 0.25) is 0 Å². The zero-order valence-corrected chi connectivity index (χ0v) is 10.9. The van der Waals surface area contributed by atoms with Crippen molar-refractivity contribution in [3.05, 3.63) is 18.2 Å². The minimum absolute atomic E-state index is 0.530. The van der Waals surface area contributed by atoms with Crippen LogP contribution in [0.2, 0.25) is 0 Å². The molecule has 18 heavy (non-hydrogen) atoms. The highest BCUT2D eigenvalue weighted by Gasteiger charge is 2.34. The molecule has 3 heterocycles. The van der Waals surface area contributed by atoms with E-state index in [4.69, 9.17) is 10.5 Å². The molecular formula is C14H21N3O. The van der Waals surface area contributed by atoms with Gasteiger partial charge in [-0.2, -0.15) is 0 Å². The van der Waals surface area contributed by atoms with Gasteiger partial charge in [0.25, 0.3) is 0 Å². The van der Waals surface area contributed by atoms with Crippen LogP contribution in [0.3, 0.4) is 0 Å². The highest BCUT2D eigenvalue weighted by Crippen LogP contribution is 2.32. The van der Waals surface area contributed by atoms with E-state index in [2.05, 4.69) is 10.2 Å². The van der Waals surface area contributed by atoms with E-state index in [1.165, 1.54) is 25.9 Å². The Labute approximate surface area is 108 Å². The third-order valence-corrected chi connectivity index (χ3v) is 4.26. The van der Waals surface area contributed by atoms with Crippen molar-refractivity contribution in [3.63, 3.8) is 0 Å². The fraction of sp³-hybridized carbons (Fsp3) is 0.571. The zero-order chi connectivity index (χ0) is 12.5. The summed E-state index contributed by atoms with van der Waals surface area (Å²) in [6.07, 6.45) is 2.61. The molecule has 4 rings (SSSR count). The SMILES string of the molecule is COc1ccc(N)c(NC2CN3CCC2CC3)c1. The molecule has 3 aliphatic rings. The topological polar surface area (TPSA) is 50.5 Å². The van der Waals surface area contributed by atoms with Crippen LogP contribution in [0, 0.1) is 5.92 Å². The number of benzene rings is 1. The van der Waals surface area contributed by atoms with E-state index < -0.39 is 0 Å². The smallest absolute Gasteiger partial charge is 0.121 e. The van der Waals surface area contributed by atoms with Crippen LogP contribution in [0.4, 0.5) is 11.4 Å². The molecule has 1 atom stereocenters. The second-order valence-corrected chi connectivity index (χ2v) is 5.34. The maximum atomic E-state index is 6.03. The molecule has 0 radical (unpaired) electrons. The van der Waals surface area contributed by atoms with Gasteiger partial charge in [-0.1, -0.05) is 0 Å². The first kappa shape index (κ1) is 11.7. The van der Waals surface area contributed by atoms with E-state index in [1.54, 1.807) is 7.11 Å². The van der Waals surface area contributed by atoms with E-state index in [0.717, 1.165) is 29.6 Å². The molecule has 98 valence electrons. The van der Waals surface area contributed by atoms with Crippen molar-refractivity contribution in [1.82, 2.24) is 4.90 Å². The molecule has 0 saturated carbocycles. The lowest BCUT2D eigenvalue weighted by Crippen LogP contribution is -2.53. The number of hydrogen-bond donors (Lipinski definition) is 2. The van der Waals surface area contributed by atoms with Crippen LogP contribution in [-0.2, 0) is 0 Å². The Balaban J connectivity index is 1.76. The van der Waals surface area contributed by atoms with Gasteiger partial charge in [-0.25, -0.2) is 0 Å². The summed E-state index contributed by atoms with van der Waals surface area (Å²) in [6.45, 7) is 3.66. The van der Waals surface area contributed by atoms with E-state index in [1.807, 2.05) is 18.2 Å². The van der Waals surface area contributed by atoms with Crippen LogP contribution in [0.25, 0.3) is 0 Å². The molecule has 2 bridgehead atoms. The highest BCUT2D eigenvalue weighted by molar-refractivity contribution is 5.68. The Hall–Kier alpha value is -1.42. The monoisotopic (exact) mass is 247 g/mol. The summed E-state index contributed by atoms with van der Waals surface area (Å²) < 4.78 is 5.25. The summed E-state index contributed by atoms with van der Waals surface area (Å²) in [4.78, 5) is 2.54. The molecule has 4 nitrogen and oxygen atoms in total. The number of nitrogens with one attached hydrogen (secondary N) is 1. The average molecular weight is 247 g/mol. The van der Waals surface area contributed by atoms with Gasteiger partial charge < -0.3 is 20.7 Å². The summed E-state index contributed by atoms with van der Waals surface area (Å²) in [5.74, 6) is 1.65. The number of fused-ring (bicyclic) bond motifs is 3. The van der Waals surface area contributed by atoms with Crippen molar-refractivity contribution in [1.29, 1.82) is 0 Å². The number of nitrogens with two attached hydrogens (primary N) is 1. The summed E-state index contributed by atoms with van der Waals surface area (Å²) in [7, 11) is 1.68. The van der Waals surface area contributed by atoms with Crippen LogP contribution in [0.5, 0.6) is 5.75 Å². The maximum absolute atomic E-state index is 6.03. The number of ether oxygens (including phenoxy) is 1. The molecule has 0 aromatic heterocycles. The zero-order valence-electron chi connectivity index (χ0n) is 10.9. The van der Waals surface area contributed by atoms with Crippen LogP contribution >= 0.6 is 0 Å². The summed E-state index contributed by atoms with van der Waals surface area (Å²) in [6, 6.07) is 6.33. The Morgan fingerprint density at radius 3 is 2.72 bits per heavy atom. The van der Waals surface area contributed by atoms with Crippen LogP contribution in [0.1, 0.15) is 12.8 Å². The lowest BCUT2D eigenvalue weighted by molar-refractivity contribution is 0.0975. The average Bonchev–Trinajstić information content (AvgIpc) is 2.43. The molecule has 0 amide bonds. The molecule has 1 aromatic rings. The fourth-order valence-corrected chi connectivity index (χ4v) is 3.12. The first-order valence-electron chi connectivity index (χ1n) is 6.68.